The van der Waals surface area contributed by atoms with Gasteiger partial charge in [-0.2, -0.15) is 0 Å². The number of methoxy groups -OCH3 is 13. The molecule has 0 aliphatic carbocycles. The molecule has 0 unspecified atom stereocenters. The number of carbonyl (C=O) groups is 6. The molecule has 0 aliphatic heterocycles. The highest BCUT2D eigenvalue weighted by atomic mass is 35.5. The van der Waals surface area contributed by atoms with Crippen LogP contribution in [0.25, 0.3) is 0 Å². The zero-order chi connectivity index (χ0) is 67.1. The summed E-state index contributed by atoms with van der Waals surface area (Å²) in [6.07, 6.45) is 0. The van der Waals surface area contributed by atoms with Crippen LogP contribution < -0.4 is 47.4 Å². The van der Waals surface area contributed by atoms with E-state index in [1.165, 1.54) is 134 Å². The summed E-state index contributed by atoms with van der Waals surface area (Å²) in [5.74, 6) is -1.67. The summed E-state index contributed by atoms with van der Waals surface area (Å²) in [5, 5.41) is 66.9. The normalized spacial score (nSPS) is 9.52. The molecule has 6 aromatic rings. The number of nitro benzene ring substituents is 3. The van der Waals surface area contributed by atoms with E-state index in [4.69, 9.17) is 74.3 Å². The number of aromatic hydroxyl groups is 2. The molecule has 474 valence electrons. The lowest BCUT2D eigenvalue weighted by molar-refractivity contribution is -0.385. The zero-order valence-electron chi connectivity index (χ0n) is 48.9. The molecule has 0 heterocycles. The van der Waals surface area contributed by atoms with Gasteiger partial charge < -0.3 is 82.0 Å². The Bertz CT molecular complexity index is 3300. The van der Waals surface area contributed by atoms with E-state index in [0.29, 0.717) is 22.6 Å². The van der Waals surface area contributed by atoms with Gasteiger partial charge in [0.2, 0.25) is 0 Å². The quantitative estimate of drug-likeness (QED) is 0.0194. The first-order chi connectivity index (χ1) is 41.6. The monoisotopic (exact) mass is 1260 g/mol. The third-order valence-corrected chi connectivity index (χ3v) is 11.0. The molecule has 0 bridgehead atoms. The Balaban J connectivity index is 0.000000530. The average molecular weight is 1260 g/mol. The van der Waals surface area contributed by atoms with Gasteiger partial charge in [-0.15, -0.1) is 0 Å². The van der Waals surface area contributed by atoms with E-state index in [1.807, 2.05) is 0 Å². The maximum absolute atomic E-state index is 11.4. The molecule has 6 aromatic carbocycles. The number of nitro groups is 3. The van der Waals surface area contributed by atoms with Crippen LogP contribution in [0.5, 0.6) is 69.0 Å². The van der Waals surface area contributed by atoms with Crippen molar-refractivity contribution in [3.63, 3.8) is 0 Å². The summed E-state index contributed by atoms with van der Waals surface area (Å²) < 4.78 is 62.5. The van der Waals surface area contributed by atoms with Gasteiger partial charge in [-0.1, -0.05) is 0 Å². The Labute approximate surface area is 504 Å². The van der Waals surface area contributed by atoms with Crippen LogP contribution in [0.1, 0.15) is 62.1 Å². The number of phenols is 2. The molecular weight excluding hydrogens is 1200 g/mol. The summed E-state index contributed by atoms with van der Waals surface area (Å²) in [4.78, 5) is 95.8. The zero-order valence-corrected chi connectivity index (χ0v) is 49.6. The van der Waals surface area contributed by atoms with Crippen LogP contribution >= 0.6 is 11.6 Å². The number of aromatic carboxylic acids is 2. The van der Waals surface area contributed by atoms with Crippen molar-refractivity contribution in [2.24, 2.45) is 0 Å². The predicted molar refractivity (Wildman–Crippen MR) is 306 cm³/mol. The Morgan fingerprint density at radius 2 is 0.614 bits per heavy atom. The average Bonchev–Trinajstić information content (AvgIpc) is 3.47. The van der Waals surface area contributed by atoms with E-state index in [-0.39, 0.29) is 74.2 Å². The second-order valence-corrected chi connectivity index (χ2v) is 16.0. The highest BCUT2D eigenvalue weighted by Gasteiger charge is 2.27. The lowest BCUT2D eigenvalue weighted by atomic mass is 10.1. The molecule has 0 spiro atoms. The van der Waals surface area contributed by atoms with Gasteiger partial charge in [0, 0.05) is 18.2 Å². The number of carboxylic acids is 2. The highest BCUT2D eigenvalue weighted by Crippen LogP contribution is 2.38. The first-order valence-corrected chi connectivity index (χ1v) is 24.1. The van der Waals surface area contributed by atoms with Gasteiger partial charge >= 0.3 is 29.8 Å². The minimum atomic E-state index is -1.40. The number of hydrogen-bond donors (Lipinski definition) is 4. The van der Waals surface area contributed by atoms with Crippen molar-refractivity contribution in [3.8, 4) is 69.0 Å². The standard InChI is InChI=1S/C10H11NO6.C10H12O4.C9H8ClNO5.C9H9NO6.C9H10O4.C8H8O4/c1-15-8-4-6(10(12)17-3)7(11(13)14)5-9(8)16-2;1-12-8-5-4-7(10(11)14-3)6-9(8)13-2;1-15-7-3-5(9(10)12)6(11(13)14)4-8(7)16-2;1-15-7-3-5(9(11)12)6(10(13)14)4-8(7)16-2;1-12-8-5-6(9(11)13-2)3-4-7(8)10;1-12-7-4-5(8(10)11)2-3-6(7)9/h4-5H,1-3H3;4-6H,1-3H3;3-4H,1-2H3;3-4H,1-2H3,(H,11,12);3-5,10H,1-2H3;2-4,9H,1H3,(H,10,11). The fourth-order valence-corrected chi connectivity index (χ4v) is 6.63. The number of phenolic OH excluding ortho intramolecular Hbond substituents is 2. The molecule has 0 aliphatic rings. The Morgan fingerprint density at radius 1 is 0.341 bits per heavy atom. The van der Waals surface area contributed by atoms with E-state index >= 15 is 0 Å². The van der Waals surface area contributed by atoms with Gasteiger partial charge in [0.15, 0.2) is 69.0 Å². The van der Waals surface area contributed by atoms with E-state index in [2.05, 4.69) is 14.2 Å². The SMILES string of the molecule is COC(=O)c1cc(OC)c(OC)cc1[N+](=O)[O-].COC(=O)c1ccc(O)c(OC)c1.COC(=O)c1ccc(OC)c(OC)c1.COc1cc(C(=O)Cl)c([N+](=O)[O-])cc1OC.COc1cc(C(=O)O)c([N+](=O)[O-])cc1OC.COc1cc(C(=O)O)ccc1O. The van der Waals surface area contributed by atoms with Crippen LogP contribution in [-0.4, -0.2) is 163 Å². The molecule has 32 nitrogen and oxygen atoms in total. The lowest BCUT2D eigenvalue weighted by Gasteiger charge is -2.09. The molecule has 0 atom stereocenters. The van der Waals surface area contributed by atoms with Crippen LogP contribution in [0.3, 0.4) is 0 Å². The van der Waals surface area contributed by atoms with Gasteiger partial charge in [-0.25, -0.2) is 24.0 Å². The van der Waals surface area contributed by atoms with Crippen LogP contribution in [-0.2, 0) is 14.2 Å². The fraction of sp³-hybridized carbons (Fsp3) is 0.236. The number of benzene rings is 6. The van der Waals surface area contributed by atoms with Gasteiger partial charge in [0.05, 0.1) is 142 Å². The molecule has 6 rings (SSSR count). The molecule has 33 heteroatoms. The number of hydrogen-bond acceptors (Lipinski definition) is 27. The van der Waals surface area contributed by atoms with Crippen LogP contribution in [0.4, 0.5) is 17.1 Å². The number of carboxylic acid groups (broad SMARTS) is 2. The molecule has 0 aromatic heterocycles. The highest BCUT2D eigenvalue weighted by molar-refractivity contribution is 6.68. The van der Waals surface area contributed by atoms with Crippen molar-refractivity contribution < 1.29 is 126 Å². The number of rotatable bonds is 19. The van der Waals surface area contributed by atoms with Crippen LogP contribution in [0.15, 0.2) is 91.0 Å². The second-order valence-electron chi connectivity index (χ2n) is 15.6. The van der Waals surface area contributed by atoms with Crippen molar-refractivity contribution in [1.82, 2.24) is 0 Å². The Kier molecular flexibility index (Phi) is 31.2. The van der Waals surface area contributed by atoms with E-state index in [9.17, 15) is 64.2 Å². The summed E-state index contributed by atoms with van der Waals surface area (Å²) in [7, 11) is 17.6. The number of carbonyl (C=O) groups excluding carboxylic acids is 4. The van der Waals surface area contributed by atoms with Crippen LogP contribution in [0.2, 0.25) is 0 Å². The first-order valence-electron chi connectivity index (χ1n) is 23.7. The smallest absolute Gasteiger partial charge is 0.345 e. The minimum absolute atomic E-state index is 0.00449. The van der Waals surface area contributed by atoms with Gasteiger partial charge in [-0.3, -0.25) is 35.1 Å². The second kappa shape index (κ2) is 36.9. The maximum Gasteiger partial charge on any atom is 0.345 e. The molecule has 0 fully saturated rings. The van der Waals surface area contributed by atoms with E-state index in [1.54, 1.807) is 18.2 Å². The number of esters is 3. The number of nitrogens with zero attached hydrogens (tertiary/aromatic N) is 3. The summed E-state index contributed by atoms with van der Waals surface area (Å²) in [6.45, 7) is 0. The van der Waals surface area contributed by atoms with E-state index in [0.717, 1.165) is 31.4 Å². The topological polar surface area (TPSA) is 433 Å². The number of ether oxygens (including phenoxy) is 13. The van der Waals surface area contributed by atoms with Crippen molar-refractivity contribution >= 4 is 63.8 Å². The van der Waals surface area contributed by atoms with E-state index < -0.39 is 72.5 Å². The minimum Gasteiger partial charge on any atom is -0.504 e. The van der Waals surface area contributed by atoms with Crippen molar-refractivity contribution in [3.05, 3.63) is 155 Å². The molecule has 4 N–H and O–H groups in total. The van der Waals surface area contributed by atoms with Gasteiger partial charge in [0.1, 0.15) is 16.7 Å². The van der Waals surface area contributed by atoms with Crippen molar-refractivity contribution in [2.75, 3.05) is 92.4 Å². The third-order valence-electron chi connectivity index (χ3n) is 10.8. The molecule has 0 saturated carbocycles. The van der Waals surface area contributed by atoms with Crippen LogP contribution in [0, 0.1) is 30.3 Å². The molecule has 0 radical (unpaired) electrons. The summed E-state index contributed by atoms with van der Waals surface area (Å²) >= 11 is 5.24. The van der Waals surface area contributed by atoms with Gasteiger partial charge in [-0.05, 0) is 66.2 Å². The lowest BCUT2D eigenvalue weighted by Crippen LogP contribution is -2.07. The molecular formula is C55H58ClN3O29. The first kappa shape index (κ1) is 74.4. The third kappa shape index (κ3) is 21.2. The summed E-state index contributed by atoms with van der Waals surface area (Å²) in [5.41, 5.74) is -1.34. The Morgan fingerprint density at radius 3 is 0.932 bits per heavy atom. The molecule has 88 heavy (non-hydrogen) atoms. The van der Waals surface area contributed by atoms with Crippen molar-refractivity contribution in [2.45, 2.75) is 0 Å². The maximum atomic E-state index is 11.4. The largest absolute Gasteiger partial charge is 0.504 e. The number of halogens is 1. The summed E-state index contributed by atoms with van der Waals surface area (Å²) in [6, 6.07) is 19.6. The van der Waals surface area contributed by atoms with Gasteiger partial charge in [0.25, 0.3) is 22.3 Å². The fourth-order valence-electron chi connectivity index (χ4n) is 6.47. The van der Waals surface area contributed by atoms with Crippen molar-refractivity contribution in [1.29, 1.82) is 0 Å². The Hall–Kier alpha value is -11.6. The predicted octanol–water partition coefficient (Wildman–Crippen LogP) is 8.48. The molecule has 0 amide bonds. The molecule has 0 saturated heterocycles.